The number of aromatic nitrogens is 1. The molecule has 6 heteroatoms. The molecular formula is C83H75BN4S. The SMILES string of the molecule is Cc1cc2c3c(c1)N(c1c(C)cc(-c4sc5ccccc5c4-c4ccccc4)cc1C)c1cc(N(c4ccc(C(C)(C)C)cc4)c4ccc5c6ccccc6n(-c6ccccc6)c5c4)ccc1B3c1cc(C(C)(C)C)ccc1N2c1ccc(C(C)(C)C)cc1. The number of rotatable bonds is 8. The Balaban J connectivity index is 1.01. The summed E-state index contributed by atoms with van der Waals surface area (Å²) in [7, 11) is 0. The van der Waals surface area contributed by atoms with Gasteiger partial charge in [-0.05, 0) is 201 Å². The third kappa shape index (κ3) is 9.40. The number of fused-ring (bicyclic) bond motifs is 8. The molecule has 2 aliphatic rings. The number of benzene rings is 11. The van der Waals surface area contributed by atoms with Crippen LogP contribution in [0.25, 0.3) is 59.1 Å². The lowest BCUT2D eigenvalue weighted by atomic mass is 9.33. The van der Waals surface area contributed by atoms with Crippen molar-refractivity contribution in [1.82, 2.24) is 4.57 Å². The molecule has 11 aromatic carbocycles. The summed E-state index contributed by atoms with van der Waals surface area (Å²) in [5, 5.41) is 3.75. The predicted molar refractivity (Wildman–Crippen MR) is 386 cm³/mol. The van der Waals surface area contributed by atoms with Gasteiger partial charge in [-0.1, -0.05) is 196 Å². The first-order valence-electron chi connectivity index (χ1n) is 31.6. The number of hydrogen-bond donors (Lipinski definition) is 0. The van der Waals surface area contributed by atoms with Gasteiger partial charge < -0.3 is 19.3 Å². The Morgan fingerprint density at radius 3 is 1.61 bits per heavy atom. The molecule has 0 saturated heterocycles. The van der Waals surface area contributed by atoms with E-state index in [0.717, 1.165) is 34.0 Å². The lowest BCUT2D eigenvalue weighted by molar-refractivity contribution is 0.590. The van der Waals surface area contributed by atoms with Gasteiger partial charge in [0.2, 0.25) is 0 Å². The van der Waals surface area contributed by atoms with E-state index in [1.165, 1.54) is 126 Å². The second kappa shape index (κ2) is 20.9. The molecule has 0 saturated carbocycles. The van der Waals surface area contributed by atoms with Crippen molar-refractivity contribution in [3.05, 3.63) is 270 Å². The van der Waals surface area contributed by atoms with Crippen LogP contribution in [0.3, 0.4) is 0 Å². The topological polar surface area (TPSA) is 14.7 Å². The first-order chi connectivity index (χ1) is 42.8. The maximum absolute atomic E-state index is 2.66. The summed E-state index contributed by atoms with van der Waals surface area (Å²) < 4.78 is 3.73. The maximum Gasteiger partial charge on any atom is 0.252 e. The fourth-order valence-electron chi connectivity index (χ4n) is 14.4. The molecule has 0 N–H and O–H groups in total. The van der Waals surface area contributed by atoms with Crippen LogP contribution in [0, 0.1) is 20.8 Å². The zero-order chi connectivity index (χ0) is 61.4. The van der Waals surface area contributed by atoms with Gasteiger partial charge in [0, 0.05) is 82.5 Å². The number of para-hydroxylation sites is 2. The number of thiophene rings is 1. The summed E-state index contributed by atoms with van der Waals surface area (Å²) >= 11 is 1.90. The van der Waals surface area contributed by atoms with Crippen molar-refractivity contribution in [1.29, 1.82) is 0 Å². The Morgan fingerprint density at radius 2 is 0.933 bits per heavy atom. The Morgan fingerprint density at radius 1 is 0.382 bits per heavy atom. The van der Waals surface area contributed by atoms with Crippen LogP contribution in [0.4, 0.5) is 51.2 Å². The molecule has 4 heterocycles. The Bertz CT molecular complexity index is 4910. The molecule has 15 rings (SSSR count). The van der Waals surface area contributed by atoms with Crippen LogP contribution in [0.1, 0.15) is 95.7 Å². The smallest absolute Gasteiger partial charge is 0.252 e. The molecule has 13 aromatic rings. The van der Waals surface area contributed by atoms with E-state index in [2.05, 4.69) is 339 Å². The highest BCUT2D eigenvalue weighted by Crippen LogP contribution is 2.52. The molecule has 0 atom stereocenters. The van der Waals surface area contributed by atoms with Crippen molar-refractivity contribution < 1.29 is 0 Å². The minimum absolute atomic E-state index is 0.0162. The first kappa shape index (κ1) is 56.2. The van der Waals surface area contributed by atoms with Crippen LogP contribution in [0.15, 0.2) is 237 Å². The Labute approximate surface area is 530 Å². The van der Waals surface area contributed by atoms with Crippen LogP contribution >= 0.6 is 11.3 Å². The number of hydrogen-bond acceptors (Lipinski definition) is 4. The highest BCUT2D eigenvalue weighted by molar-refractivity contribution is 7.23. The highest BCUT2D eigenvalue weighted by Gasteiger charge is 2.45. The van der Waals surface area contributed by atoms with Gasteiger partial charge in [-0.25, -0.2) is 0 Å². The minimum Gasteiger partial charge on any atom is -0.311 e. The van der Waals surface area contributed by atoms with Crippen molar-refractivity contribution >= 4 is 118 Å². The quantitative estimate of drug-likeness (QED) is 0.141. The second-order valence-corrected chi connectivity index (χ2v) is 29.1. The predicted octanol–water partition coefficient (Wildman–Crippen LogP) is 21.7. The van der Waals surface area contributed by atoms with Crippen LogP contribution in [-0.2, 0) is 16.2 Å². The highest BCUT2D eigenvalue weighted by atomic mass is 32.1. The normalized spacial score (nSPS) is 13.1. The largest absolute Gasteiger partial charge is 0.311 e. The van der Waals surface area contributed by atoms with Crippen molar-refractivity contribution in [3.8, 4) is 27.3 Å². The molecule has 89 heavy (non-hydrogen) atoms. The van der Waals surface area contributed by atoms with E-state index in [-0.39, 0.29) is 23.0 Å². The molecule has 0 fully saturated rings. The zero-order valence-corrected chi connectivity index (χ0v) is 54.1. The summed E-state index contributed by atoms with van der Waals surface area (Å²) in [5.41, 5.74) is 29.1. The number of nitrogens with zero attached hydrogens (tertiary/aromatic N) is 4. The fraction of sp³-hybridized carbons (Fsp3) is 0.181. The van der Waals surface area contributed by atoms with Crippen LogP contribution in [-0.4, -0.2) is 11.3 Å². The summed E-state index contributed by atoms with van der Waals surface area (Å²) in [6, 6.07) is 90.0. The van der Waals surface area contributed by atoms with E-state index < -0.39 is 0 Å². The van der Waals surface area contributed by atoms with Gasteiger partial charge in [-0.15, -0.1) is 11.3 Å². The van der Waals surface area contributed by atoms with Crippen molar-refractivity contribution in [3.63, 3.8) is 0 Å². The summed E-state index contributed by atoms with van der Waals surface area (Å²) in [6.45, 7) is 27.8. The lowest BCUT2D eigenvalue weighted by Crippen LogP contribution is -2.61. The van der Waals surface area contributed by atoms with Gasteiger partial charge in [0.1, 0.15) is 0 Å². The van der Waals surface area contributed by atoms with Crippen molar-refractivity contribution in [2.75, 3.05) is 14.7 Å². The number of aryl methyl sites for hydroxylation is 3. The molecule has 0 radical (unpaired) electrons. The van der Waals surface area contributed by atoms with Crippen LogP contribution in [0.2, 0.25) is 0 Å². The molecule has 0 unspecified atom stereocenters. The van der Waals surface area contributed by atoms with Crippen LogP contribution < -0.4 is 31.1 Å². The van der Waals surface area contributed by atoms with Crippen molar-refractivity contribution in [2.24, 2.45) is 0 Å². The average Bonchev–Trinajstić information content (AvgIpc) is 1.22. The second-order valence-electron chi connectivity index (χ2n) is 28.0. The third-order valence-corrected chi connectivity index (χ3v) is 20.1. The summed E-state index contributed by atoms with van der Waals surface area (Å²) in [4.78, 5) is 9.02. The van der Waals surface area contributed by atoms with Gasteiger partial charge in [0.25, 0.3) is 6.71 Å². The van der Waals surface area contributed by atoms with E-state index in [4.69, 9.17) is 0 Å². The molecule has 436 valence electrons. The van der Waals surface area contributed by atoms with E-state index in [1.54, 1.807) is 0 Å². The molecular weight excluding hydrogens is 1100 g/mol. The third-order valence-electron chi connectivity index (χ3n) is 18.9. The minimum atomic E-state index is -0.0842. The maximum atomic E-state index is 2.66. The average molecular weight is 1170 g/mol. The van der Waals surface area contributed by atoms with E-state index in [9.17, 15) is 0 Å². The molecule has 0 bridgehead atoms. The molecule has 2 aliphatic heterocycles. The standard InChI is InChI=1S/C83H75BN4S/c1-52-45-74-78-75(46-52)88(79-53(2)47-56(48-54(79)3)80-77(55-23-15-13-16-24-55)67-28-20-22-30-76(67)89-80)73-51-64(41-43-68(73)84(78)69-49-59(83(10,11)12)35-44-71(69)87(74)62-38-33-58(34-39-62)82(7,8)9)85(61-36-31-57(32-37-61)81(4,5)6)63-40-42-66-65-27-19-21-29-70(65)86(72(66)50-63)60-25-17-14-18-26-60/h13-51H,1-12H3. The first-order valence-corrected chi connectivity index (χ1v) is 32.4. The monoisotopic (exact) mass is 1170 g/mol. The van der Waals surface area contributed by atoms with E-state index in [1.807, 2.05) is 11.3 Å². The molecule has 4 nitrogen and oxygen atoms in total. The molecule has 0 amide bonds. The fourth-order valence-corrected chi connectivity index (χ4v) is 15.7. The van der Waals surface area contributed by atoms with Gasteiger partial charge in [-0.2, -0.15) is 0 Å². The van der Waals surface area contributed by atoms with Crippen molar-refractivity contribution in [2.45, 2.75) is 99.3 Å². The Kier molecular flexibility index (Phi) is 13.2. The van der Waals surface area contributed by atoms with Gasteiger partial charge >= 0.3 is 0 Å². The van der Waals surface area contributed by atoms with Gasteiger partial charge in [-0.3, -0.25) is 0 Å². The van der Waals surface area contributed by atoms with Gasteiger partial charge in [0.05, 0.1) is 16.7 Å². The molecule has 0 spiro atoms. The van der Waals surface area contributed by atoms with E-state index >= 15 is 0 Å². The molecule has 2 aromatic heterocycles. The zero-order valence-electron chi connectivity index (χ0n) is 53.3. The summed E-state index contributed by atoms with van der Waals surface area (Å²) in [5.74, 6) is 0. The Hall–Kier alpha value is -9.36. The summed E-state index contributed by atoms with van der Waals surface area (Å²) in [6.07, 6.45) is 0. The van der Waals surface area contributed by atoms with Gasteiger partial charge in [0.15, 0.2) is 0 Å². The van der Waals surface area contributed by atoms with E-state index in [0.29, 0.717) is 0 Å². The lowest BCUT2D eigenvalue weighted by Gasteiger charge is -2.45. The molecule has 0 aliphatic carbocycles. The van der Waals surface area contributed by atoms with Crippen LogP contribution in [0.5, 0.6) is 0 Å². The number of anilines is 9.